The number of hydrogen-bond acceptors (Lipinski definition) is 3. The highest BCUT2D eigenvalue weighted by Crippen LogP contribution is 2.41. The number of urea groups is 1. The van der Waals surface area contributed by atoms with E-state index in [0.29, 0.717) is 12.3 Å². The lowest BCUT2D eigenvalue weighted by molar-refractivity contribution is -0.140. The molecule has 1 spiro atoms. The third-order valence-corrected chi connectivity index (χ3v) is 6.62. The molecule has 4 rings (SSSR count). The van der Waals surface area contributed by atoms with Crippen molar-refractivity contribution in [3.63, 3.8) is 0 Å². The number of fused-ring (bicyclic) bond motifs is 2. The highest BCUT2D eigenvalue weighted by molar-refractivity contribution is 6.09. The Kier molecular flexibility index (Phi) is 4.62. The van der Waals surface area contributed by atoms with Gasteiger partial charge in [-0.25, -0.2) is 4.79 Å². The van der Waals surface area contributed by atoms with Crippen LogP contribution in [0.2, 0.25) is 0 Å². The summed E-state index contributed by atoms with van der Waals surface area (Å²) in [5.74, 6) is 2.37. The van der Waals surface area contributed by atoms with Crippen molar-refractivity contribution < 1.29 is 14.4 Å². The number of benzene rings is 1. The minimum atomic E-state index is -1.04. The Hall–Kier alpha value is -2.81. The number of rotatable bonds is 5. The first kappa shape index (κ1) is 18.5. The quantitative estimate of drug-likeness (QED) is 0.629. The number of hydrogen-bond donors (Lipinski definition) is 1. The maximum atomic E-state index is 13.2. The molecule has 1 N–H and O–H groups in total. The molecule has 0 bridgehead atoms. The molecule has 1 aromatic carbocycles. The monoisotopic (exact) mass is 379 g/mol. The van der Waals surface area contributed by atoms with Crippen LogP contribution in [0.25, 0.3) is 0 Å². The Morgan fingerprint density at radius 2 is 2.14 bits per heavy atom. The molecule has 6 heteroatoms. The molecule has 146 valence electrons. The minimum absolute atomic E-state index is 0.0132. The lowest BCUT2D eigenvalue weighted by atomic mass is 9.79. The Balaban J connectivity index is 1.53. The molecule has 1 aliphatic heterocycles. The number of nitrogens with zero attached hydrogens (tertiary/aromatic N) is 2. The predicted molar refractivity (Wildman–Crippen MR) is 104 cm³/mol. The van der Waals surface area contributed by atoms with Crippen molar-refractivity contribution in [1.29, 1.82) is 0 Å². The molecule has 2 atom stereocenters. The van der Waals surface area contributed by atoms with Crippen molar-refractivity contribution in [3.8, 4) is 12.3 Å². The van der Waals surface area contributed by atoms with Crippen LogP contribution in [-0.4, -0.2) is 46.8 Å². The molecule has 2 aliphatic carbocycles. The summed E-state index contributed by atoms with van der Waals surface area (Å²) in [6, 6.07) is 7.17. The molecule has 0 unspecified atom stereocenters. The average molecular weight is 379 g/mol. The van der Waals surface area contributed by atoms with E-state index in [2.05, 4.69) is 11.2 Å². The van der Waals surface area contributed by atoms with Gasteiger partial charge in [0.15, 0.2) is 0 Å². The van der Waals surface area contributed by atoms with E-state index in [9.17, 15) is 14.4 Å². The smallest absolute Gasteiger partial charge is 0.325 e. The molecule has 0 aromatic heterocycles. The summed E-state index contributed by atoms with van der Waals surface area (Å²) < 4.78 is 0. The van der Waals surface area contributed by atoms with E-state index in [1.54, 1.807) is 4.90 Å². The van der Waals surface area contributed by atoms with Crippen molar-refractivity contribution in [2.45, 2.75) is 50.6 Å². The van der Waals surface area contributed by atoms with Crippen LogP contribution in [0.1, 0.15) is 43.7 Å². The Morgan fingerprint density at radius 1 is 1.39 bits per heavy atom. The van der Waals surface area contributed by atoms with Crippen molar-refractivity contribution in [3.05, 3.63) is 35.4 Å². The number of imide groups is 1. The standard InChI is InChI=1S/C22H25N3O3/c1-3-13-24(15(2)16-8-6-9-16)19(26)14-25-20(27)22(23-21(25)28)12-11-17-7-4-5-10-18(17)22/h1,4-5,7,10,15-16H,6,8-9,11-14H2,2H3,(H,23,28)/t15-,22+/m0/s1. The van der Waals surface area contributed by atoms with Gasteiger partial charge in [-0.2, -0.15) is 0 Å². The first-order chi connectivity index (χ1) is 13.5. The van der Waals surface area contributed by atoms with Crippen LogP contribution >= 0.6 is 0 Å². The molecule has 1 aromatic rings. The molecular formula is C22H25N3O3. The summed E-state index contributed by atoms with van der Waals surface area (Å²) in [6.45, 7) is 1.92. The second-order valence-electron chi connectivity index (χ2n) is 8.04. The molecule has 0 radical (unpaired) electrons. The summed E-state index contributed by atoms with van der Waals surface area (Å²) in [4.78, 5) is 41.5. The molecule has 4 amide bonds. The Bertz CT molecular complexity index is 870. The van der Waals surface area contributed by atoms with Gasteiger partial charge in [0.05, 0.1) is 6.54 Å². The van der Waals surface area contributed by atoms with Gasteiger partial charge in [0.25, 0.3) is 5.91 Å². The van der Waals surface area contributed by atoms with Crippen LogP contribution in [-0.2, 0) is 21.5 Å². The lowest BCUT2D eigenvalue weighted by Crippen LogP contribution is -2.50. The van der Waals surface area contributed by atoms with Crippen LogP contribution < -0.4 is 5.32 Å². The summed E-state index contributed by atoms with van der Waals surface area (Å²) >= 11 is 0. The number of terminal acetylenes is 1. The van der Waals surface area contributed by atoms with E-state index in [4.69, 9.17) is 6.42 Å². The summed E-state index contributed by atoms with van der Waals surface area (Å²) in [5.41, 5.74) is 0.869. The molecular weight excluding hydrogens is 354 g/mol. The predicted octanol–water partition coefficient (Wildman–Crippen LogP) is 2.03. The van der Waals surface area contributed by atoms with Crippen LogP contribution in [0.3, 0.4) is 0 Å². The van der Waals surface area contributed by atoms with Crippen LogP contribution in [0.4, 0.5) is 4.79 Å². The van der Waals surface area contributed by atoms with Crippen LogP contribution in [0, 0.1) is 18.3 Å². The van der Waals surface area contributed by atoms with E-state index in [1.807, 2.05) is 31.2 Å². The van der Waals surface area contributed by atoms with Crippen molar-refractivity contribution in [1.82, 2.24) is 15.1 Å². The van der Waals surface area contributed by atoms with Gasteiger partial charge < -0.3 is 10.2 Å². The number of carbonyl (C=O) groups is 3. The number of amides is 4. The Labute approximate surface area is 165 Å². The zero-order chi connectivity index (χ0) is 19.9. The summed E-state index contributed by atoms with van der Waals surface area (Å²) in [7, 11) is 0. The van der Waals surface area contributed by atoms with Gasteiger partial charge in [0, 0.05) is 6.04 Å². The second kappa shape index (κ2) is 6.97. The van der Waals surface area contributed by atoms with E-state index in [0.717, 1.165) is 35.3 Å². The fraction of sp³-hybridized carbons (Fsp3) is 0.500. The largest absolute Gasteiger partial charge is 0.327 e. The van der Waals surface area contributed by atoms with Crippen molar-refractivity contribution in [2.24, 2.45) is 5.92 Å². The normalized spacial score (nSPS) is 24.5. The highest BCUT2D eigenvalue weighted by atomic mass is 16.2. The fourth-order valence-electron chi connectivity index (χ4n) is 4.69. The van der Waals surface area contributed by atoms with Crippen molar-refractivity contribution >= 4 is 17.8 Å². The van der Waals surface area contributed by atoms with Gasteiger partial charge in [0.1, 0.15) is 12.1 Å². The van der Waals surface area contributed by atoms with E-state index >= 15 is 0 Å². The van der Waals surface area contributed by atoms with Gasteiger partial charge in [-0.15, -0.1) is 6.42 Å². The van der Waals surface area contributed by atoms with E-state index < -0.39 is 11.6 Å². The third-order valence-electron chi connectivity index (χ3n) is 6.62. The van der Waals surface area contributed by atoms with Gasteiger partial charge in [-0.05, 0) is 49.7 Å². The summed E-state index contributed by atoms with van der Waals surface area (Å²) in [6.07, 6.45) is 10.1. The first-order valence-electron chi connectivity index (χ1n) is 9.93. The van der Waals surface area contributed by atoms with Gasteiger partial charge in [-0.3, -0.25) is 14.5 Å². The number of aryl methyl sites for hydroxylation is 1. The van der Waals surface area contributed by atoms with E-state index in [1.165, 1.54) is 6.42 Å². The molecule has 2 fully saturated rings. The molecule has 1 heterocycles. The molecule has 28 heavy (non-hydrogen) atoms. The topological polar surface area (TPSA) is 69.7 Å². The van der Waals surface area contributed by atoms with Gasteiger partial charge in [-0.1, -0.05) is 36.6 Å². The summed E-state index contributed by atoms with van der Waals surface area (Å²) in [5, 5.41) is 2.86. The molecule has 1 saturated heterocycles. The second-order valence-corrected chi connectivity index (χ2v) is 8.04. The van der Waals surface area contributed by atoms with Gasteiger partial charge >= 0.3 is 6.03 Å². The third kappa shape index (κ3) is 2.77. The molecule has 3 aliphatic rings. The van der Waals surface area contributed by atoms with Crippen LogP contribution in [0.5, 0.6) is 0 Å². The molecule has 6 nitrogen and oxygen atoms in total. The average Bonchev–Trinajstić information content (AvgIpc) is 3.12. The maximum Gasteiger partial charge on any atom is 0.325 e. The molecule has 1 saturated carbocycles. The highest BCUT2D eigenvalue weighted by Gasteiger charge is 2.55. The fourth-order valence-corrected chi connectivity index (χ4v) is 4.69. The Morgan fingerprint density at radius 3 is 2.82 bits per heavy atom. The minimum Gasteiger partial charge on any atom is -0.327 e. The first-order valence-corrected chi connectivity index (χ1v) is 9.93. The zero-order valence-electron chi connectivity index (χ0n) is 16.1. The maximum absolute atomic E-state index is 13.2. The van der Waals surface area contributed by atoms with E-state index in [-0.39, 0.29) is 30.9 Å². The number of carbonyl (C=O) groups excluding carboxylic acids is 3. The SMILES string of the molecule is C#CCN(C(=O)CN1C(=O)N[C@@]2(CCc3ccccc32)C1=O)[C@@H](C)C1CCC1. The van der Waals surface area contributed by atoms with Crippen molar-refractivity contribution in [2.75, 3.05) is 13.1 Å². The van der Waals surface area contributed by atoms with Crippen LogP contribution in [0.15, 0.2) is 24.3 Å². The van der Waals surface area contributed by atoms with Gasteiger partial charge in [0.2, 0.25) is 5.91 Å². The lowest BCUT2D eigenvalue weighted by Gasteiger charge is -2.38. The zero-order valence-corrected chi connectivity index (χ0v) is 16.1. The number of nitrogens with one attached hydrogen (secondary N) is 1.